The van der Waals surface area contributed by atoms with Gasteiger partial charge in [0, 0.05) is 0 Å². The van der Waals surface area contributed by atoms with Crippen molar-refractivity contribution >= 4 is 0 Å². The molecule has 1 aromatic rings. The molecule has 0 amide bonds. The maximum absolute atomic E-state index is 11.9. The maximum atomic E-state index is 11.9. The lowest BCUT2D eigenvalue weighted by Gasteiger charge is -2.09. The molecule has 1 rings (SSSR count). The zero-order valence-electron chi connectivity index (χ0n) is 9.49. The van der Waals surface area contributed by atoms with Crippen LogP contribution in [0.15, 0.2) is 18.2 Å². The van der Waals surface area contributed by atoms with Crippen molar-refractivity contribution in [1.29, 1.82) is 0 Å². The van der Waals surface area contributed by atoms with E-state index in [4.69, 9.17) is 0 Å². The first kappa shape index (κ1) is 13.0. The fourth-order valence-corrected chi connectivity index (χ4v) is 1.58. The Labute approximate surface area is 93.7 Å². The van der Waals surface area contributed by atoms with Gasteiger partial charge >= 0.3 is 6.18 Å². The molecule has 0 fully saturated rings. The summed E-state index contributed by atoms with van der Waals surface area (Å²) in [4.78, 5) is 0. The van der Waals surface area contributed by atoms with Crippen LogP contribution in [-0.2, 0) is 6.42 Å². The van der Waals surface area contributed by atoms with E-state index in [0.717, 1.165) is 11.1 Å². The van der Waals surface area contributed by atoms with Crippen LogP contribution in [0.4, 0.5) is 13.2 Å². The number of alkyl halides is 3. The summed E-state index contributed by atoms with van der Waals surface area (Å²) in [6.07, 6.45) is -3.50. The van der Waals surface area contributed by atoms with Crippen LogP contribution in [0.1, 0.15) is 16.7 Å². The summed E-state index contributed by atoms with van der Waals surface area (Å²) in [6.45, 7) is 3.41. The molecule has 0 bridgehead atoms. The zero-order chi connectivity index (χ0) is 12.2. The summed E-state index contributed by atoms with van der Waals surface area (Å²) in [5, 5.41) is 2.39. The summed E-state index contributed by atoms with van der Waals surface area (Å²) < 4.78 is 35.6. The molecule has 0 atom stereocenters. The van der Waals surface area contributed by atoms with Gasteiger partial charge in [-0.3, -0.25) is 0 Å². The maximum Gasteiger partial charge on any atom is 0.401 e. The fraction of sp³-hybridized carbons (Fsp3) is 0.500. The molecule has 0 radical (unpaired) electrons. The predicted molar refractivity (Wildman–Crippen MR) is 58.5 cm³/mol. The largest absolute Gasteiger partial charge is 0.401 e. The quantitative estimate of drug-likeness (QED) is 0.785. The van der Waals surface area contributed by atoms with E-state index in [2.05, 4.69) is 5.32 Å². The molecule has 0 saturated heterocycles. The van der Waals surface area contributed by atoms with Gasteiger partial charge in [0.15, 0.2) is 0 Å². The highest BCUT2D eigenvalue weighted by Gasteiger charge is 2.25. The molecule has 90 valence electrons. The van der Waals surface area contributed by atoms with Crippen molar-refractivity contribution in [2.75, 3.05) is 13.1 Å². The molecule has 16 heavy (non-hydrogen) atoms. The normalized spacial score (nSPS) is 11.8. The van der Waals surface area contributed by atoms with E-state index < -0.39 is 12.7 Å². The minimum Gasteiger partial charge on any atom is -0.308 e. The van der Waals surface area contributed by atoms with Crippen LogP contribution in [0.25, 0.3) is 0 Å². The van der Waals surface area contributed by atoms with Gasteiger partial charge in [-0.15, -0.1) is 0 Å². The molecule has 4 heteroatoms. The lowest BCUT2D eigenvalue weighted by Crippen LogP contribution is -2.30. The van der Waals surface area contributed by atoms with Crippen molar-refractivity contribution in [2.24, 2.45) is 0 Å². The number of aryl methyl sites for hydroxylation is 2. The van der Waals surface area contributed by atoms with Crippen molar-refractivity contribution in [3.8, 4) is 0 Å². The van der Waals surface area contributed by atoms with E-state index in [1.165, 1.54) is 5.56 Å². The van der Waals surface area contributed by atoms with Gasteiger partial charge in [0.2, 0.25) is 0 Å². The van der Waals surface area contributed by atoms with Crippen molar-refractivity contribution in [2.45, 2.75) is 26.4 Å². The molecular weight excluding hydrogens is 215 g/mol. The Bertz CT molecular complexity index is 345. The van der Waals surface area contributed by atoms with Crippen molar-refractivity contribution in [1.82, 2.24) is 5.32 Å². The molecule has 1 N–H and O–H groups in total. The molecule has 0 spiro atoms. The molecule has 0 saturated carbocycles. The van der Waals surface area contributed by atoms with Crippen LogP contribution in [0.2, 0.25) is 0 Å². The molecule has 0 aliphatic heterocycles. The van der Waals surface area contributed by atoms with Crippen LogP contribution in [0, 0.1) is 13.8 Å². The van der Waals surface area contributed by atoms with Crippen molar-refractivity contribution in [3.05, 3.63) is 34.9 Å². The Morgan fingerprint density at radius 2 is 1.88 bits per heavy atom. The average Bonchev–Trinajstić information content (AvgIpc) is 2.13. The summed E-state index contributed by atoms with van der Waals surface area (Å²) in [7, 11) is 0. The van der Waals surface area contributed by atoms with Crippen molar-refractivity contribution < 1.29 is 13.2 Å². The van der Waals surface area contributed by atoms with Crippen molar-refractivity contribution in [3.63, 3.8) is 0 Å². The molecule has 0 aliphatic carbocycles. The van der Waals surface area contributed by atoms with E-state index in [9.17, 15) is 13.2 Å². The Morgan fingerprint density at radius 1 is 1.19 bits per heavy atom. The van der Waals surface area contributed by atoms with E-state index in [1.54, 1.807) is 0 Å². The number of hydrogen-bond donors (Lipinski definition) is 1. The highest BCUT2D eigenvalue weighted by molar-refractivity contribution is 5.30. The van der Waals surface area contributed by atoms with Gasteiger partial charge in [-0.2, -0.15) is 13.2 Å². The molecular formula is C12H16F3N. The number of benzene rings is 1. The third kappa shape index (κ3) is 4.66. The zero-order valence-corrected chi connectivity index (χ0v) is 9.49. The van der Waals surface area contributed by atoms with E-state index in [-0.39, 0.29) is 0 Å². The Kier molecular flexibility index (Phi) is 4.35. The fourth-order valence-electron chi connectivity index (χ4n) is 1.58. The lowest BCUT2D eigenvalue weighted by molar-refractivity contribution is -0.124. The minimum atomic E-state index is -4.12. The first-order valence-electron chi connectivity index (χ1n) is 5.22. The van der Waals surface area contributed by atoms with E-state index in [1.807, 2.05) is 32.0 Å². The number of rotatable bonds is 4. The van der Waals surface area contributed by atoms with Gasteiger partial charge in [0.1, 0.15) is 0 Å². The van der Waals surface area contributed by atoms with Crippen LogP contribution in [-0.4, -0.2) is 19.3 Å². The number of halogens is 3. The Morgan fingerprint density at radius 3 is 2.44 bits per heavy atom. The first-order valence-corrected chi connectivity index (χ1v) is 5.22. The summed E-state index contributed by atoms with van der Waals surface area (Å²) in [6, 6.07) is 5.99. The van der Waals surface area contributed by atoms with Gasteiger partial charge in [0.05, 0.1) is 6.54 Å². The second kappa shape index (κ2) is 5.34. The van der Waals surface area contributed by atoms with Gasteiger partial charge in [0.25, 0.3) is 0 Å². The monoisotopic (exact) mass is 231 g/mol. The molecule has 1 aromatic carbocycles. The number of hydrogen-bond acceptors (Lipinski definition) is 1. The second-order valence-electron chi connectivity index (χ2n) is 3.97. The van der Waals surface area contributed by atoms with Gasteiger partial charge in [-0.25, -0.2) is 0 Å². The van der Waals surface area contributed by atoms with Gasteiger partial charge < -0.3 is 5.32 Å². The van der Waals surface area contributed by atoms with E-state index >= 15 is 0 Å². The average molecular weight is 231 g/mol. The molecule has 0 aliphatic rings. The van der Waals surface area contributed by atoms with Crippen LogP contribution < -0.4 is 5.32 Å². The van der Waals surface area contributed by atoms with Gasteiger partial charge in [-0.1, -0.05) is 23.8 Å². The van der Waals surface area contributed by atoms with Gasteiger partial charge in [-0.05, 0) is 37.9 Å². The lowest BCUT2D eigenvalue weighted by atomic mass is 10.0. The SMILES string of the molecule is Cc1ccc(CCNCC(F)(F)F)c(C)c1. The van der Waals surface area contributed by atoms with Crippen LogP contribution >= 0.6 is 0 Å². The third-order valence-electron chi connectivity index (χ3n) is 2.39. The predicted octanol–water partition coefficient (Wildman–Crippen LogP) is 3.00. The Hall–Kier alpha value is -1.03. The standard InChI is InChI=1S/C12H16F3N/c1-9-3-4-11(10(2)7-9)5-6-16-8-12(13,14)15/h3-4,7,16H,5-6,8H2,1-2H3. The highest BCUT2D eigenvalue weighted by Crippen LogP contribution is 2.13. The highest BCUT2D eigenvalue weighted by atomic mass is 19.4. The summed E-state index contributed by atoms with van der Waals surface area (Å²) >= 11 is 0. The molecule has 0 aromatic heterocycles. The second-order valence-corrected chi connectivity index (χ2v) is 3.97. The molecule has 1 nitrogen and oxygen atoms in total. The Balaban J connectivity index is 2.38. The summed E-state index contributed by atoms with van der Waals surface area (Å²) in [5.41, 5.74) is 3.40. The van der Waals surface area contributed by atoms with E-state index in [0.29, 0.717) is 13.0 Å². The molecule has 0 heterocycles. The topological polar surface area (TPSA) is 12.0 Å². The minimum absolute atomic E-state index is 0.351. The van der Waals surface area contributed by atoms with Crippen LogP contribution in [0.5, 0.6) is 0 Å². The molecule has 0 unspecified atom stereocenters. The smallest absolute Gasteiger partial charge is 0.308 e. The first-order chi connectivity index (χ1) is 7.38. The summed E-state index contributed by atoms with van der Waals surface area (Å²) in [5.74, 6) is 0. The third-order valence-corrected chi connectivity index (χ3v) is 2.39. The number of nitrogens with one attached hydrogen (secondary N) is 1. The van der Waals surface area contributed by atoms with Crippen LogP contribution in [0.3, 0.4) is 0 Å².